The topological polar surface area (TPSA) is 75.3 Å². The van der Waals surface area contributed by atoms with Crippen LogP contribution in [-0.2, 0) is 37.1 Å². The number of pyridine rings is 2. The van der Waals surface area contributed by atoms with E-state index >= 15 is 0 Å². The van der Waals surface area contributed by atoms with E-state index in [2.05, 4.69) is 111 Å². The van der Waals surface area contributed by atoms with Crippen LogP contribution in [0.4, 0.5) is 11.4 Å². The number of hydrogen-bond donors (Lipinski definition) is 2. The highest BCUT2D eigenvalue weighted by atomic mass is 16.5. The third kappa shape index (κ3) is 7.69. The summed E-state index contributed by atoms with van der Waals surface area (Å²) in [6.07, 6.45) is 13.3. The van der Waals surface area contributed by atoms with E-state index in [0.717, 1.165) is 97.0 Å². The highest BCUT2D eigenvalue weighted by Crippen LogP contribution is 2.46. The minimum absolute atomic E-state index is 0.307. The van der Waals surface area contributed by atoms with Crippen molar-refractivity contribution in [3.8, 4) is 0 Å². The van der Waals surface area contributed by atoms with Crippen LogP contribution in [-0.4, -0.2) is 123 Å². The molecule has 0 bridgehead atoms. The molecule has 7 atom stereocenters. The number of aromatic nitrogens is 2. The summed E-state index contributed by atoms with van der Waals surface area (Å²) in [6.45, 7) is 11.0. The molecular formula is C51H67N9O. The molecule has 1 unspecified atom stereocenters. The van der Waals surface area contributed by atoms with Gasteiger partial charge in [0.1, 0.15) is 0 Å². The van der Waals surface area contributed by atoms with Gasteiger partial charge >= 0.3 is 0 Å². The molecule has 0 saturated carbocycles. The Labute approximate surface area is 364 Å². The monoisotopic (exact) mass is 822 g/mol. The van der Waals surface area contributed by atoms with Crippen LogP contribution < -0.4 is 20.4 Å². The van der Waals surface area contributed by atoms with Crippen LogP contribution in [0.15, 0.2) is 67.0 Å². The summed E-state index contributed by atoms with van der Waals surface area (Å²) in [5, 5.41) is 7.97. The first-order chi connectivity index (χ1) is 29.9. The molecule has 3 saturated heterocycles. The van der Waals surface area contributed by atoms with Crippen molar-refractivity contribution in [3.63, 3.8) is 0 Å². The van der Waals surface area contributed by atoms with E-state index in [9.17, 15) is 0 Å². The number of benzene rings is 2. The lowest BCUT2D eigenvalue weighted by Crippen LogP contribution is -2.46. The predicted molar refractivity (Wildman–Crippen MR) is 245 cm³/mol. The molecule has 0 amide bonds. The minimum atomic E-state index is 0.307. The van der Waals surface area contributed by atoms with Crippen molar-refractivity contribution in [1.29, 1.82) is 0 Å². The summed E-state index contributed by atoms with van der Waals surface area (Å²) in [6, 6.07) is 23.3. The molecule has 2 N–H and O–H groups in total. The Morgan fingerprint density at radius 3 is 2.23 bits per heavy atom. The van der Waals surface area contributed by atoms with Crippen LogP contribution in [0.2, 0.25) is 0 Å². The van der Waals surface area contributed by atoms with Crippen molar-refractivity contribution in [2.45, 2.75) is 101 Å². The Morgan fingerprint density at radius 1 is 0.705 bits per heavy atom. The number of rotatable bonds is 9. The van der Waals surface area contributed by atoms with E-state index in [1.54, 1.807) is 5.56 Å². The van der Waals surface area contributed by atoms with Crippen molar-refractivity contribution in [3.05, 3.63) is 117 Å². The Kier molecular flexibility index (Phi) is 11.1. The minimum Gasteiger partial charge on any atom is -0.378 e. The first-order valence-electron chi connectivity index (χ1n) is 23.8. The summed E-state index contributed by atoms with van der Waals surface area (Å²) >= 11 is 0. The Balaban J connectivity index is 0.842. The zero-order valence-electron chi connectivity index (χ0n) is 36.9. The second-order valence-electron chi connectivity index (χ2n) is 19.7. The van der Waals surface area contributed by atoms with Gasteiger partial charge in [-0.1, -0.05) is 30.3 Å². The van der Waals surface area contributed by atoms with Gasteiger partial charge in [-0.15, -0.1) is 0 Å². The fourth-order valence-electron chi connectivity index (χ4n) is 12.9. The van der Waals surface area contributed by atoms with Crippen molar-refractivity contribution < 1.29 is 4.74 Å². The van der Waals surface area contributed by atoms with Gasteiger partial charge in [0.2, 0.25) is 0 Å². The molecule has 61 heavy (non-hydrogen) atoms. The van der Waals surface area contributed by atoms with Crippen LogP contribution in [0.1, 0.15) is 100 Å². The lowest BCUT2D eigenvalue weighted by atomic mass is 9.77. The molecule has 4 aromatic rings. The average molecular weight is 822 g/mol. The van der Waals surface area contributed by atoms with E-state index < -0.39 is 0 Å². The van der Waals surface area contributed by atoms with Gasteiger partial charge in [-0.2, -0.15) is 0 Å². The van der Waals surface area contributed by atoms with Crippen LogP contribution in [0, 0.1) is 5.92 Å². The highest BCUT2D eigenvalue weighted by molar-refractivity contribution is 5.63. The molecule has 0 radical (unpaired) electrons. The molecule has 0 spiro atoms. The second-order valence-corrected chi connectivity index (χ2v) is 19.7. The molecule has 322 valence electrons. The number of likely N-dealkylation sites (N-methyl/N-ethyl adjacent to an activating group) is 3. The number of anilines is 2. The Morgan fingerprint density at radius 2 is 1.43 bits per heavy atom. The van der Waals surface area contributed by atoms with Crippen LogP contribution in [0.3, 0.4) is 0 Å². The van der Waals surface area contributed by atoms with Crippen molar-refractivity contribution in [1.82, 2.24) is 35.3 Å². The molecule has 2 aromatic carbocycles. The number of nitrogens with zero attached hydrogens (tertiary/aromatic N) is 7. The Hall–Kier alpha value is -3.90. The summed E-state index contributed by atoms with van der Waals surface area (Å²) in [5.74, 6) is 1.11. The fraction of sp³-hybridized carbons (Fsp3) is 0.569. The maximum absolute atomic E-state index is 5.71. The number of ether oxygens (including phenoxy) is 1. The molecule has 7 heterocycles. The molecule has 2 aliphatic carbocycles. The molecule has 2 aromatic heterocycles. The third-order valence-electron chi connectivity index (χ3n) is 16.1. The number of hydrogen-bond acceptors (Lipinski definition) is 10. The zero-order chi connectivity index (χ0) is 41.0. The molecule has 5 aliphatic heterocycles. The van der Waals surface area contributed by atoms with E-state index in [1.165, 1.54) is 88.5 Å². The van der Waals surface area contributed by atoms with Crippen LogP contribution in [0.25, 0.3) is 0 Å². The number of fused-ring (bicyclic) bond motifs is 5. The summed E-state index contributed by atoms with van der Waals surface area (Å²) in [5.41, 5.74) is 15.9. The quantitative estimate of drug-likeness (QED) is 0.208. The van der Waals surface area contributed by atoms with Gasteiger partial charge in [0.05, 0.1) is 36.7 Å². The van der Waals surface area contributed by atoms with Gasteiger partial charge in [0.25, 0.3) is 0 Å². The molecule has 10 nitrogen and oxygen atoms in total. The van der Waals surface area contributed by atoms with E-state index in [1.807, 2.05) is 12.4 Å². The van der Waals surface area contributed by atoms with E-state index in [0.29, 0.717) is 36.1 Å². The number of likely N-dealkylation sites (tertiary alicyclic amines) is 1. The molecule has 10 heteroatoms. The van der Waals surface area contributed by atoms with Crippen molar-refractivity contribution in [2.24, 2.45) is 5.92 Å². The van der Waals surface area contributed by atoms with Crippen molar-refractivity contribution in [2.75, 3.05) is 90.0 Å². The second kappa shape index (κ2) is 17.0. The maximum atomic E-state index is 5.71. The predicted octanol–water partition coefficient (Wildman–Crippen LogP) is 6.09. The number of aryl methyl sites for hydroxylation is 1. The van der Waals surface area contributed by atoms with Gasteiger partial charge in [0.15, 0.2) is 0 Å². The van der Waals surface area contributed by atoms with E-state index in [4.69, 9.17) is 14.7 Å². The first-order valence-corrected chi connectivity index (χ1v) is 23.8. The lowest BCUT2D eigenvalue weighted by molar-refractivity contribution is 0.122. The van der Waals surface area contributed by atoms with Gasteiger partial charge in [0, 0.05) is 100 Å². The van der Waals surface area contributed by atoms with Gasteiger partial charge in [-0.25, -0.2) is 0 Å². The molecule has 7 aliphatic rings. The molecule has 11 rings (SSSR count). The van der Waals surface area contributed by atoms with E-state index in [-0.39, 0.29) is 0 Å². The summed E-state index contributed by atoms with van der Waals surface area (Å²) in [4.78, 5) is 23.3. The average Bonchev–Trinajstić information content (AvgIpc) is 3.89. The smallest absolute Gasteiger partial charge is 0.0642 e. The Bertz CT molecular complexity index is 2210. The normalized spacial score (nSPS) is 28.7. The molecule has 3 fully saturated rings. The van der Waals surface area contributed by atoms with Gasteiger partial charge < -0.3 is 30.1 Å². The SMILES string of the molecule is CN1CC[C@H]2CN(c3cc(C4CC[C@H](N(C)C[C@H]5Cc6c(cccc6N6CCOCC6)CN5)c5ncccc54)cc4c3C[C@H](CN(C)[C@H]3CCCc5cccnc53)NC4)C[C@H]21. The maximum Gasteiger partial charge on any atom is 0.0642 e. The van der Waals surface area contributed by atoms with Crippen LogP contribution >= 0.6 is 0 Å². The fourth-order valence-corrected chi connectivity index (χ4v) is 12.9. The van der Waals surface area contributed by atoms with Gasteiger partial charge in [-0.05, 0) is 148 Å². The highest BCUT2D eigenvalue weighted by Gasteiger charge is 2.42. The third-order valence-corrected chi connectivity index (χ3v) is 16.1. The standard InChI is InChI=1S/C51H67N9O/c1-56-19-16-36-30-60(33-49(36)56)48-25-37(24-38-29-55-40(27-44(38)48)31-57(2)46-13-4-8-34-10-6-17-52-50(34)46)41-14-15-47(51-42(41)11-7-18-53-51)58(3)32-39-26-43-35(28-54-39)9-5-12-45(43)59-20-22-61-23-21-59/h5-7,9-12,17-18,24-25,36,39-41,46-47,49,54-55H,4,8,13-16,19-23,26-33H2,1-3H3/t36-,39+,40+,41?,46-,47-,49+/m0/s1. The molecular weight excluding hydrogens is 755 g/mol. The lowest BCUT2D eigenvalue weighted by Gasteiger charge is -2.40. The van der Waals surface area contributed by atoms with Gasteiger partial charge in [-0.3, -0.25) is 19.8 Å². The zero-order valence-corrected chi connectivity index (χ0v) is 36.9. The number of morpholine rings is 1. The van der Waals surface area contributed by atoms with Crippen LogP contribution in [0.5, 0.6) is 0 Å². The number of nitrogens with one attached hydrogen (secondary N) is 2. The first kappa shape index (κ1) is 39.9. The summed E-state index contributed by atoms with van der Waals surface area (Å²) in [7, 11) is 7.02. The van der Waals surface area contributed by atoms with Crippen molar-refractivity contribution >= 4 is 11.4 Å². The largest absolute Gasteiger partial charge is 0.378 e. The summed E-state index contributed by atoms with van der Waals surface area (Å²) < 4.78 is 5.71.